The van der Waals surface area contributed by atoms with Gasteiger partial charge in [0.2, 0.25) is 5.88 Å². The van der Waals surface area contributed by atoms with E-state index in [1.54, 1.807) is 6.07 Å². The van der Waals surface area contributed by atoms with E-state index in [2.05, 4.69) is 33.3 Å². The maximum absolute atomic E-state index is 10.5. The first kappa shape index (κ1) is 24.3. The fourth-order valence-corrected chi connectivity index (χ4v) is 7.00. The zero-order valence-electron chi connectivity index (χ0n) is 22.7. The molecule has 1 aliphatic carbocycles. The van der Waals surface area contributed by atoms with Gasteiger partial charge in [0, 0.05) is 56.1 Å². The molecular weight excluding hydrogens is 502 g/mol. The predicted molar refractivity (Wildman–Crippen MR) is 156 cm³/mol. The van der Waals surface area contributed by atoms with E-state index < -0.39 is 0 Å². The number of rotatable bonds is 6. The van der Waals surface area contributed by atoms with Crippen LogP contribution in [0.25, 0.3) is 32.9 Å². The Hall–Kier alpha value is -3.46. The van der Waals surface area contributed by atoms with Crippen molar-refractivity contribution in [3.63, 3.8) is 0 Å². The Bertz CT molecular complexity index is 1570. The molecule has 2 aromatic carbocycles. The van der Waals surface area contributed by atoms with E-state index in [0.29, 0.717) is 24.6 Å². The highest BCUT2D eigenvalue weighted by atomic mass is 16.5. The van der Waals surface area contributed by atoms with E-state index in [4.69, 9.17) is 19.4 Å². The molecule has 1 saturated carbocycles. The summed E-state index contributed by atoms with van der Waals surface area (Å²) in [5.74, 6) is 0.904. The van der Waals surface area contributed by atoms with Crippen LogP contribution in [0.15, 0.2) is 54.7 Å². The van der Waals surface area contributed by atoms with Gasteiger partial charge in [-0.3, -0.25) is 9.88 Å². The van der Waals surface area contributed by atoms with Gasteiger partial charge in [0.05, 0.1) is 30.0 Å². The minimum atomic E-state index is 0.106. The molecule has 4 aliphatic rings. The van der Waals surface area contributed by atoms with Gasteiger partial charge >= 0.3 is 0 Å². The van der Waals surface area contributed by atoms with E-state index in [1.807, 2.05) is 30.5 Å². The van der Waals surface area contributed by atoms with Gasteiger partial charge in [-0.1, -0.05) is 24.3 Å². The quantitative estimate of drug-likeness (QED) is 0.376. The van der Waals surface area contributed by atoms with Gasteiger partial charge in [-0.15, -0.1) is 0 Å². The van der Waals surface area contributed by atoms with Crippen molar-refractivity contribution in [2.24, 2.45) is 0 Å². The maximum atomic E-state index is 10.5. The lowest BCUT2D eigenvalue weighted by Crippen LogP contribution is -2.51. The normalized spacial score (nSPS) is 24.1. The molecule has 8 rings (SSSR count). The fourth-order valence-electron chi connectivity index (χ4n) is 7.00. The Kier molecular flexibility index (Phi) is 5.83. The molecule has 4 fully saturated rings. The molecule has 0 radical (unpaired) electrons. The summed E-state index contributed by atoms with van der Waals surface area (Å²) in [6, 6.07) is 17.0. The number of nitrogens with one attached hydrogen (secondary N) is 1. The summed E-state index contributed by atoms with van der Waals surface area (Å²) < 4.78 is 12.1. The molecule has 2 atom stereocenters. The molecule has 5 heterocycles. The Morgan fingerprint density at radius 3 is 2.62 bits per heavy atom. The van der Waals surface area contributed by atoms with Crippen LogP contribution in [0.1, 0.15) is 25.7 Å². The molecular formula is C32H35N5O3. The monoisotopic (exact) mass is 537 g/mol. The molecule has 40 heavy (non-hydrogen) atoms. The molecule has 3 saturated heterocycles. The number of phenols is 1. The number of aromatic hydroxyl groups is 1. The number of aromatic nitrogens is 2. The van der Waals surface area contributed by atoms with Gasteiger partial charge < -0.3 is 24.8 Å². The summed E-state index contributed by atoms with van der Waals surface area (Å²) in [4.78, 5) is 15.0. The molecule has 2 N–H and O–H groups in total. The SMILES string of the molecule is Oc1cc(-c2cnc3c(N4CC5CCC(C4)N5)cc(OCC4(N5CCOCC5)CC4)nc3c2)c2ccccc2c1. The number of hydrogen-bond donors (Lipinski definition) is 2. The number of fused-ring (bicyclic) bond motifs is 4. The van der Waals surface area contributed by atoms with Crippen molar-refractivity contribution >= 4 is 27.5 Å². The summed E-state index contributed by atoms with van der Waals surface area (Å²) in [7, 11) is 0. The number of morpholine rings is 1. The Labute approximate surface area is 233 Å². The van der Waals surface area contributed by atoms with Gasteiger partial charge in [-0.2, -0.15) is 0 Å². The smallest absolute Gasteiger partial charge is 0.216 e. The number of piperazine rings is 1. The second kappa shape index (κ2) is 9.58. The van der Waals surface area contributed by atoms with Crippen LogP contribution in [-0.4, -0.2) is 83.6 Å². The maximum Gasteiger partial charge on any atom is 0.216 e. The van der Waals surface area contributed by atoms with Crippen molar-refractivity contribution in [2.75, 3.05) is 50.9 Å². The van der Waals surface area contributed by atoms with Gasteiger partial charge in [-0.25, -0.2) is 4.98 Å². The molecule has 2 bridgehead atoms. The third-order valence-corrected chi connectivity index (χ3v) is 9.31. The summed E-state index contributed by atoms with van der Waals surface area (Å²) in [5.41, 5.74) is 4.80. The van der Waals surface area contributed by atoms with Crippen molar-refractivity contribution in [1.82, 2.24) is 20.2 Å². The summed E-state index contributed by atoms with van der Waals surface area (Å²) in [6.45, 7) is 6.10. The highest BCUT2D eigenvalue weighted by Crippen LogP contribution is 2.43. The van der Waals surface area contributed by atoms with Crippen LogP contribution in [0.3, 0.4) is 0 Å². The minimum Gasteiger partial charge on any atom is -0.508 e. The minimum absolute atomic E-state index is 0.106. The third kappa shape index (κ3) is 4.35. The lowest BCUT2D eigenvalue weighted by Gasteiger charge is -2.35. The van der Waals surface area contributed by atoms with E-state index in [9.17, 15) is 5.11 Å². The Morgan fingerprint density at radius 1 is 1.02 bits per heavy atom. The van der Waals surface area contributed by atoms with Crippen molar-refractivity contribution in [1.29, 1.82) is 0 Å². The molecule has 8 nitrogen and oxygen atoms in total. The van der Waals surface area contributed by atoms with Crippen LogP contribution in [0, 0.1) is 0 Å². The molecule has 0 amide bonds. The van der Waals surface area contributed by atoms with E-state index >= 15 is 0 Å². The van der Waals surface area contributed by atoms with Crippen LogP contribution in [0.5, 0.6) is 11.6 Å². The lowest BCUT2D eigenvalue weighted by atomic mass is 9.98. The van der Waals surface area contributed by atoms with Crippen molar-refractivity contribution in [2.45, 2.75) is 43.3 Å². The second-order valence-corrected chi connectivity index (χ2v) is 11.9. The van der Waals surface area contributed by atoms with Crippen molar-refractivity contribution in [3.8, 4) is 22.8 Å². The molecule has 0 spiro atoms. The highest BCUT2D eigenvalue weighted by molar-refractivity contribution is 6.00. The Balaban J connectivity index is 1.19. The molecule has 8 heteroatoms. The van der Waals surface area contributed by atoms with Gasteiger partial charge in [0.25, 0.3) is 0 Å². The molecule has 3 aliphatic heterocycles. The average molecular weight is 538 g/mol. The second-order valence-electron chi connectivity index (χ2n) is 11.9. The summed E-state index contributed by atoms with van der Waals surface area (Å²) in [6.07, 6.45) is 6.68. The van der Waals surface area contributed by atoms with Crippen LogP contribution in [0.2, 0.25) is 0 Å². The largest absolute Gasteiger partial charge is 0.508 e. The van der Waals surface area contributed by atoms with Crippen LogP contribution in [-0.2, 0) is 4.74 Å². The molecule has 2 unspecified atom stereocenters. The highest BCUT2D eigenvalue weighted by Gasteiger charge is 2.49. The molecule has 206 valence electrons. The van der Waals surface area contributed by atoms with E-state index in [-0.39, 0.29) is 11.3 Å². The zero-order valence-corrected chi connectivity index (χ0v) is 22.7. The number of benzene rings is 2. The van der Waals surface area contributed by atoms with E-state index in [0.717, 1.165) is 90.9 Å². The number of pyridine rings is 2. The van der Waals surface area contributed by atoms with Gasteiger partial charge in [0.1, 0.15) is 17.9 Å². The lowest BCUT2D eigenvalue weighted by molar-refractivity contribution is -0.00284. The van der Waals surface area contributed by atoms with Crippen LogP contribution >= 0.6 is 0 Å². The summed E-state index contributed by atoms with van der Waals surface area (Å²) >= 11 is 0. The topological polar surface area (TPSA) is 83.0 Å². The average Bonchev–Trinajstić information content (AvgIpc) is 3.72. The zero-order chi connectivity index (χ0) is 26.7. The number of anilines is 1. The van der Waals surface area contributed by atoms with E-state index in [1.165, 1.54) is 12.8 Å². The third-order valence-electron chi connectivity index (χ3n) is 9.31. The first-order valence-electron chi connectivity index (χ1n) is 14.6. The van der Waals surface area contributed by atoms with Crippen LogP contribution < -0.4 is 15.0 Å². The number of nitrogens with zero attached hydrogens (tertiary/aromatic N) is 4. The number of phenolic OH excluding ortho intramolecular Hbond substituents is 1. The van der Waals surface area contributed by atoms with Gasteiger partial charge in [-0.05, 0) is 60.2 Å². The fraction of sp³-hybridized carbons (Fsp3) is 0.438. The van der Waals surface area contributed by atoms with Crippen molar-refractivity contribution < 1.29 is 14.6 Å². The van der Waals surface area contributed by atoms with Crippen molar-refractivity contribution in [3.05, 3.63) is 54.7 Å². The Morgan fingerprint density at radius 2 is 1.82 bits per heavy atom. The number of hydrogen-bond acceptors (Lipinski definition) is 8. The summed E-state index contributed by atoms with van der Waals surface area (Å²) in [5, 5.41) is 16.3. The molecule has 2 aromatic heterocycles. The van der Waals surface area contributed by atoms with Crippen LogP contribution in [0.4, 0.5) is 5.69 Å². The number of ether oxygens (including phenoxy) is 2. The molecule has 4 aromatic rings. The first-order chi connectivity index (χ1) is 19.6. The first-order valence-corrected chi connectivity index (χ1v) is 14.6. The van der Waals surface area contributed by atoms with Gasteiger partial charge in [0.15, 0.2) is 0 Å². The predicted octanol–water partition coefficient (Wildman–Crippen LogP) is 4.34. The standard InChI is InChI=1S/C32H35N5O3/c38-25-13-21-3-1-2-4-26(21)27(15-25)22-14-28-31(33-17-22)29(36-18-23-5-6-24(19-36)34-23)16-30(35-28)40-20-32(7-8-32)37-9-11-39-12-10-37/h1-4,13-17,23-24,34,38H,5-12,18-20H2.